The number of hydrogen-bond acceptors (Lipinski definition) is 1. The van der Waals surface area contributed by atoms with Crippen LogP contribution < -0.4 is 0 Å². The molecule has 0 N–H and O–H groups in total. The van der Waals surface area contributed by atoms with Crippen molar-refractivity contribution < 1.29 is 0 Å². The van der Waals surface area contributed by atoms with Crippen molar-refractivity contribution in [3.05, 3.63) is 0 Å². The molecule has 0 aromatic rings. The van der Waals surface area contributed by atoms with E-state index in [2.05, 4.69) is 32.6 Å². The molecule has 1 rings (SSSR count). The van der Waals surface area contributed by atoms with Gasteiger partial charge in [-0.05, 0) is 51.0 Å². The number of nitrogens with zero attached hydrogens (tertiary/aromatic N) is 1. The van der Waals surface area contributed by atoms with Gasteiger partial charge in [-0.1, -0.05) is 143 Å². The van der Waals surface area contributed by atoms with Gasteiger partial charge < -0.3 is 0 Å². The molecule has 0 aromatic carbocycles. The standard InChI is InChI=1S/C32H65N/c1-5-9-13-17-21-26-31(27-22-18-14-10-6-2)33-29-23-28-32(33)30(24-19-15-11-7-3)25-20-16-12-8-4/h30-32H,5-29H2,1-4H3. The molecule has 33 heavy (non-hydrogen) atoms. The zero-order valence-electron chi connectivity index (χ0n) is 23.9. The van der Waals surface area contributed by atoms with Gasteiger partial charge >= 0.3 is 0 Å². The second-order valence-electron chi connectivity index (χ2n) is 11.5. The maximum Gasteiger partial charge on any atom is 0.0127 e. The van der Waals surface area contributed by atoms with Gasteiger partial charge in [-0.3, -0.25) is 4.90 Å². The largest absolute Gasteiger partial charge is 0.297 e. The third-order valence-electron chi connectivity index (χ3n) is 8.49. The molecular weight excluding hydrogens is 398 g/mol. The van der Waals surface area contributed by atoms with Gasteiger partial charge in [0, 0.05) is 12.1 Å². The highest BCUT2D eigenvalue weighted by atomic mass is 15.2. The van der Waals surface area contributed by atoms with Crippen LogP contribution in [0.3, 0.4) is 0 Å². The van der Waals surface area contributed by atoms with Gasteiger partial charge in [0.1, 0.15) is 0 Å². The summed E-state index contributed by atoms with van der Waals surface area (Å²) in [6.07, 6.45) is 34.9. The topological polar surface area (TPSA) is 3.24 Å². The van der Waals surface area contributed by atoms with E-state index in [9.17, 15) is 0 Å². The second-order valence-corrected chi connectivity index (χ2v) is 11.5. The molecule has 0 radical (unpaired) electrons. The van der Waals surface area contributed by atoms with Gasteiger partial charge in [0.2, 0.25) is 0 Å². The van der Waals surface area contributed by atoms with Gasteiger partial charge in [0.05, 0.1) is 0 Å². The molecule has 1 saturated heterocycles. The highest BCUT2D eigenvalue weighted by Crippen LogP contribution is 2.35. The number of rotatable bonds is 24. The molecule has 0 saturated carbocycles. The zero-order chi connectivity index (χ0) is 24.0. The molecule has 1 heterocycles. The minimum absolute atomic E-state index is 0.884. The Morgan fingerprint density at radius 1 is 0.515 bits per heavy atom. The first-order valence-electron chi connectivity index (χ1n) is 16.0. The second kappa shape index (κ2) is 22.4. The first-order chi connectivity index (χ1) is 16.3. The lowest BCUT2D eigenvalue weighted by Gasteiger charge is -2.38. The molecular formula is C32H65N. The van der Waals surface area contributed by atoms with Gasteiger partial charge in [-0.2, -0.15) is 0 Å². The zero-order valence-corrected chi connectivity index (χ0v) is 23.9. The Bertz CT molecular complexity index is 366. The number of unbranched alkanes of at least 4 members (excludes halogenated alkanes) is 14. The molecule has 0 bridgehead atoms. The van der Waals surface area contributed by atoms with Crippen molar-refractivity contribution in [2.75, 3.05) is 6.54 Å². The van der Waals surface area contributed by atoms with E-state index in [0.717, 1.165) is 18.0 Å². The van der Waals surface area contributed by atoms with E-state index in [1.54, 1.807) is 0 Å². The summed E-state index contributed by atoms with van der Waals surface area (Å²) in [5.41, 5.74) is 0. The van der Waals surface area contributed by atoms with Gasteiger partial charge in [-0.25, -0.2) is 0 Å². The third-order valence-corrected chi connectivity index (χ3v) is 8.49. The van der Waals surface area contributed by atoms with Crippen LogP contribution in [0.2, 0.25) is 0 Å². The molecule has 1 fully saturated rings. The van der Waals surface area contributed by atoms with E-state index >= 15 is 0 Å². The fourth-order valence-corrected chi connectivity index (χ4v) is 6.41. The first kappa shape index (κ1) is 31.0. The van der Waals surface area contributed by atoms with E-state index in [1.807, 2.05) is 0 Å². The molecule has 1 atom stereocenters. The summed E-state index contributed by atoms with van der Waals surface area (Å²) in [7, 11) is 0. The predicted molar refractivity (Wildman–Crippen MR) is 151 cm³/mol. The van der Waals surface area contributed by atoms with E-state index in [4.69, 9.17) is 0 Å². The van der Waals surface area contributed by atoms with Crippen LogP contribution in [0, 0.1) is 5.92 Å². The van der Waals surface area contributed by atoms with Crippen LogP contribution >= 0.6 is 0 Å². The van der Waals surface area contributed by atoms with Crippen molar-refractivity contribution in [1.29, 1.82) is 0 Å². The summed E-state index contributed by atoms with van der Waals surface area (Å²) in [4.78, 5) is 3.09. The van der Waals surface area contributed by atoms with Gasteiger partial charge in [0.15, 0.2) is 0 Å². The van der Waals surface area contributed by atoms with Crippen molar-refractivity contribution in [1.82, 2.24) is 4.90 Å². The summed E-state index contributed by atoms with van der Waals surface area (Å²) >= 11 is 0. The normalized spacial score (nSPS) is 17.1. The van der Waals surface area contributed by atoms with Gasteiger partial charge in [-0.15, -0.1) is 0 Å². The number of hydrogen-bond donors (Lipinski definition) is 0. The smallest absolute Gasteiger partial charge is 0.0127 e. The lowest BCUT2D eigenvalue weighted by atomic mass is 9.85. The van der Waals surface area contributed by atoms with Crippen LogP contribution in [-0.2, 0) is 0 Å². The fraction of sp³-hybridized carbons (Fsp3) is 1.00. The minimum atomic E-state index is 0.884. The van der Waals surface area contributed by atoms with E-state index in [-0.39, 0.29) is 0 Å². The average molecular weight is 464 g/mol. The highest BCUT2D eigenvalue weighted by molar-refractivity contribution is 4.89. The summed E-state index contributed by atoms with van der Waals surface area (Å²) in [5.74, 6) is 0.976. The van der Waals surface area contributed by atoms with Crippen LogP contribution in [0.15, 0.2) is 0 Å². The Morgan fingerprint density at radius 2 is 0.909 bits per heavy atom. The molecule has 1 heteroatoms. The Kier molecular flexibility index (Phi) is 21.1. The minimum Gasteiger partial charge on any atom is -0.297 e. The van der Waals surface area contributed by atoms with Crippen molar-refractivity contribution >= 4 is 0 Å². The average Bonchev–Trinajstić information content (AvgIpc) is 3.31. The summed E-state index contributed by atoms with van der Waals surface area (Å²) < 4.78 is 0. The highest BCUT2D eigenvalue weighted by Gasteiger charge is 2.34. The fourth-order valence-electron chi connectivity index (χ4n) is 6.41. The molecule has 1 aliphatic heterocycles. The Labute approximate surface area is 211 Å². The molecule has 1 aliphatic rings. The Hall–Kier alpha value is -0.0400. The van der Waals surface area contributed by atoms with E-state index < -0.39 is 0 Å². The number of likely N-dealkylation sites (tertiary alicyclic amines) is 1. The van der Waals surface area contributed by atoms with Crippen molar-refractivity contribution in [3.63, 3.8) is 0 Å². The van der Waals surface area contributed by atoms with Crippen molar-refractivity contribution in [2.24, 2.45) is 5.92 Å². The van der Waals surface area contributed by atoms with E-state index in [1.165, 1.54) is 161 Å². The molecule has 1 nitrogen and oxygen atoms in total. The SMILES string of the molecule is CCCCCCCC(CCCCCCC)N1CCCC1C(CCCCCC)CCCCCC. The molecule has 1 unspecified atom stereocenters. The van der Waals surface area contributed by atoms with E-state index in [0.29, 0.717) is 0 Å². The quantitative estimate of drug-likeness (QED) is 0.129. The monoisotopic (exact) mass is 464 g/mol. The predicted octanol–water partition coefficient (Wildman–Crippen LogP) is 11.1. The van der Waals surface area contributed by atoms with Crippen molar-refractivity contribution in [3.8, 4) is 0 Å². The third kappa shape index (κ3) is 14.8. The van der Waals surface area contributed by atoms with Crippen molar-refractivity contribution in [2.45, 2.75) is 194 Å². The maximum absolute atomic E-state index is 3.09. The Morgan fingerprint density at radius 3 is 1.36 bits per heavy atom. The molecule has 0 amide bonds. The lowest BCUT2D eigenvalue weighted by Crippen LogP contribution is -2.43. The summed E-state index contributed by atoms with van der Waals surface area (Å²) in [6, 6.07) is 1.79. The van der Waals surface area contributed by atoms with Crippen LogP contribution in [0.25, 0.3) is 0 Å². The first-order valence-corrected chi connectivity index (χ1v) is 16.0. The molecule has 0 spiro atoms. The Balaban J connectivity index is 2.71. The summed E-state index contributed by atoms with van der Waals surface area (Å²) in [6.45, 7) is 10.8. The molecule has 0 aromatic heterocycles. The van der Waals surface area contributed by atoms with Crippen LogP contribution in [-0.4, -0.2) is 23.5 Å². The summed E-state index contributed by atoms with van der Waals surface area (Å²) in [5, 5.41) is 0. The molecule has 0 aliphatic carbocycles. The maximum atomic E-state index is 3.09. The van der Waals surface area contributed by atoms with Crippen LogP contribution in [0.5, 0.6) is 0 Å². The lowest BCUT2D eigenvalue weighted by molar-refractivity contribution is 0.106. The molecule has 198 valence electrons. The van der Waals surface area contributed by atoms with Crippen LogP contribution in [0.1, 0.15) is 182 Å². The van der Waals surface area contributed by atoms with Crippen LogP contribution in [0.4, 0.5) is 0 Å². The van der Waals surface area contributed by atoms with Gasteiger partial charge in [0.25, 0.3) is 0 Å².